The maximum atomic E-state index is 6.06. The second-order valence-corrected chi connectivity index (χ2v) is 6.48. The van der Waals surface area contributed by atoms with E-state index in [0.717, 1.165) is 35.8 Å². The predicted molar refractivity (Wildman–Crippen MR) is 104 cm³/mol. The van der Waals surface area contributed by atoms with Crippen molar-refractivity contribution in [3.63, 3.8) is 0 Å². The van der Waals surface area contributed by atoms with Crippen molar-refractivity contribution in [2.24, 2.45) is 5.92 Å². The first-order chi connectivity index (χ1) is 13.4. The molecule has 1 heterocycles. The molecule has 0 saturated heterocycles. The Morgan fingerprint density at radius 2 is 1.11 bits per heavy atom. The van der Waals surface area contributed by atoms with Gasteiger partial charge in [-0.15, -0.1) is 0 Å². The highest BCUT2D eigenvalue weighted by Gasteiger charge is 2.14. The van der Waals surface area contributed by atoms with Gasteiger partial charge >= 0.3 is 0 Å². The van der Waals surface area contributed by atoms with Gasteiger partial charge in [-0.1, -0.05) is 37.6 Å². The van der Waals surface area contributed by atoms with Crippen molar-refractivity contribution in [3.8, 4) is 23.0 Å². The van der Waals surface area contributed by atoms with Crippen LogP contribution in [0.3, 0.4) is 0 Å². The van der Waals surface area contributed by atoms with Crippen molar-refractivity contribution in [2.75, 3.05) is 39.6 Å². The first kappa shape index (κ1) is 19.4. The number of rotatable bonds is 2. The van der Waals surface area contributed by atoms with Gasteiger partial charge in [0.15, 0.2) is 23.0 Å². The molecule has 0 aromatic heterocycles. The lowest BCUT2D eigenvalue weighted by Crippen LogP contribution is -2.21. The van der Waals surface area contributed by atoms with Crippen LogP contribution in [-0.4, -0.2) is 39.6 Å². The molecular weight excluding hydrogens is 344 g/mol. The highest BCUT2D eigenvalue weighted by molar-refractivity contribution is 5.40. The minimum absolute atomic E-state index is 0.285. The number of hydrogen-bond acceptors (Lipinski definition) is 5. The monoisotopic (exact) mass is 372 g/mol. The summed E-state index contributed by atoms with van der Waals surface area (Å²) in [5, 5.41) is 0. The lowest BCUT2D eigenvalue weighted by atomic mass is 10.1. The fraction of sp³-hybridized carbons (Fsp3) is 0.455. The lowest BCUT2D eigenvalue weighted by molar-refractivity contribution is 0.0725. The first-order valence-corrected chi connectivity index (χ1v) is 9.64. The van der Waals surface area contributed by atoms with Gasteiger partial charge in [-0.25, -0.2) is 0 Å². The van der Waals surface area contributed by atoms with E-state index in [1.807, 2.05) is 48.5 Å². The van der Waals surface area contributed by atoms with Crippen LogP contribution in [0.15, 0.2) is 48.5 Å². The molecule has 27 heavy (non-hydrogen) atoms. The minimum Gasteiger partial charge on any atom is -0.489 e. The van der Waals surface area contributed by atoms with Crippen molar-refractivity contribution in [1.82, 2.24) is 0 Å². The zero-order chi connectivity index (χ0) is 18.7. The van der Waals surface area contributed by atoms with E-state index < -0.39 is 0 Å². The molecule has 5 heteroatoms. The lowest BCUT2D eigenvalue weighted by Gasteiger charge is -2.20. The molecule has 146 valence electrons. The third-order valence-corrected chi connectivity index (χ3v) is 4.31. The van der Waals surface area contributed by atoms with Crippen LogP contribution in [0.2, 0.25) is 0 Å². The Hall–Kier alpha value is -2.40. The smallest absolute Gasteiger partial charge is 0.161 e. The van der Waals surface area contributed by atoms with Gasteiger partial charge in [-0.05, 0) is 30.7 Å². The molecule has 0 fully saturated rings. The van der Waals surface area contributed by atoms with E-state index >= 15 is 0 Å². The Morgan fingerprint density at radius 1 is 0.667 bits per heavy atom. The quantitative estimate of drug-likeness (QED) is 0.784. The topological polar surface area (TPSA) is 46.2 Å². The molecule has 2 aromatic rings. The van der Waals surface area contributed by atoms with Crippen LogP contribution in [0, 0.1) is 5.92 Å². The molecule has 0 N–H and O–H groups in total. The molecule has 1 aliphatic heterocycles. The third-order valence-electron chi connectivity index (χ3n) is 4.31. The van der Waals surface area contributed by atoms with Crippen molar-refractivity contribution in [3.05, 3.63) is 48.5 Å². The van der Waals surface area contributed by atoms with Crippen LogP contribution in [-0.2, 0) is 4.74 Å². The van der Waals surface area contributed by atoms with E-state index in [4.69, 9.17) is 23.7 Å². The fourth-order valence-electron chi connectivity index (χ4n) is 2.94. The molecule has 0 aliphatic carbocycles. The molecule has 0 saturated carbocycles. The normalized spacial score (nSPS) is 16.6. The summed E-state index contributed by atoms with van der Waals surface area (Å²) in [7, 11) is 0. The van der Waals surface area contributed by atoms with Crippen molar-refractivity contribution >= 4 is 0 Å². The van der Waals surface area contributed by atoms with Crippen LogP contribution >= 0.6 is 0 Å². The number of para-hydroxylation sites is 4. The number of hydrogen-bond donors (Lipinski definition) is 0. The summed E-state index contributed by atoms with van der Waals surface area (Å²) in [6, 6.07) is 15.5. The Balaban J connectivity index is 1.72. The van der Waals surface area contributed by atoms with Gasteiger partial charge in [-0.3, -0.25) is 0 Å². The standard InChI is InChI=1S/C22H28O5/c1-2-7-18-16-26-21-10-5-3-8-19(21)24-14-12-23-13-15-25-20-9-4-6-11-22(20)27-17-18/h3-6,8-11,18H,2,7,12-17H2,1H3. The molecule has 0 radical (unpaired) electrons. The first-order valence-electron chi connectivity index (χ1n) is 9.64. The Labute approximate surface area is 161 Å². The second-order valence-electron chi connectivity index (χ2n) is 6.48. The highest BCUT2D eigenvalue weighted by atomic mass is 16.6. The van der Waals surface area contributed by atoms with Gasteiger partial charge in [-0.2, -0.15) is 0 Å². The van der Waals surface area contributed by atoms with Crippen LogP contribution in [0.4, 0.5) is 0 Å². The zero-order valence-electron chi connectivity index (χ0n) is 15.9. The summed E-state index contributed by atoms with van der Waals surface area (Å²) in [5.41, 5.74) is 0. The van der Waals surface area contributed by atoms with Gasteiger partial charge in [0, 0.05) is 5.92 Å². The largest absolute Gasteiger partial charge is 0.489 e. The summed E-state index contributed by atoms with van der Waals surface area (Å²) in [6.45, 7) is 5.26. The predicted octanol–water partition coefficient (Wildman–Crippen LogP) is 4.35. The SMILES string of the molecule is CCCC1COc2ccccc2OCCOCCOc2ccccc2OC1. The summed E-state index contributed by atoms with van der Waals surface area (Å²) < 4.78 is 29.3. The molecule has 0 bridgehead atoms. The van der Waals surface area contributed by atoms with E-state index in [9.17, 15) is 0 Å². The molecule has 5 nitrogen and oxygen atoms in total. The summed E-state index contributed by atoms with van der Waals surface area (Å²) in [6.07, 6.45) is 2.10. The maximum Gasteiger partial charge on any atom is 0.161 e. The van der Waals surface area contributed by atoms with Crippen LogP contribution < -0.4 is 18.9 Å². The van der Waals surface area contributed by atoms with Crippen molar-refractivity contribution < 1.29 is 23.7 Å². The van der Waals surface area contributed by atoms with E-state index in [-0.39, 0.29) is 5.92 Å². The van der Waals surface area contributed by atoms with E-state index in [1.54, 1.807) is 0 Å². The summed E-state index contributed by atoms with van der Waals surface area (Å²) >= 11 is 0. The van der Waals surface area contributed by atoms with Gasteiger partial charge in [0.05, 0.1) is 26.4 Å². The Bertz CT molecular complexity index is 632. The minimum atomic E-state index is 0.285. The molecule has 2 aromatic carbocycles. The summed E-state index contributed by atoms with van der Waals surface area (Å²) in [4.78, 5) is 0. The van der Waals surface area contributed by atoms with Crippen LogP contribution in [0.1, 0.15) is 19.8 Å². The highest BCUT2D eigenvalue weighted by Crippen LogP contribution is 2.29. The molecule has 0 amide bonds. The molecule has 0 spiro atoms. The number of ether oxygens (including phenoxy) is 5. The van der Waals surface area contributed by atoms with E-state index in [1.165, 1.54) is 0 Å². The van der Waals surface area contributed by atoms with Gasteiger partial charge in [0.2, 0.25) is 0 Å². The van der Waals surface area contributed by atoms with Crippen LogP contribution in [0.25, 0.3) is 0 Å². The number of benzene rings is 2. The average Bonchev–Trinajstić information content (AvgIpc) is 2.70. The van der Waals surface area contributed by atoms with E-state index in [2.05, 4.69) is 6.92 Å². The Kier molecular flexibility index (Phi) is 7.66. The van der Waals surface area contributed by atoms with Crippen molar-refractivity contribution in [2.45, 2.75) is 19.8 Å². The van der Waals surface area contributed by atoms with Gasteiger partial charge < -0.3 is 23.7 Å². The van der Waals surface area contributed by atoms with Crippen LogP contribution in [0.5, 0.6) is 23.0 Å². The molecule has 3 rings (SSSR count). The Morgan fingerprint density at radius 3 is 1.56 bits per heavy atom. The molecular formula is C22H28O5. The number of fused-ring (bicyclic) bond motifs is 2. The summed E-state index contributed by atoms with van der Waals surface area (Å²) in [5.74, 6) is 3.29. The zero-order valence-corrected chi connectivity index (χ0v) is 15.9. The maximum absolute atomic E-state index is 6.06. The van der Waals surface area contributed by atoms with Gasteiger partial charge in [0.25, 0.3) is 0 Å². The third kappa shape index (κ3) is 6.07. The molecule has 0 atom stereocenters. The molecule has 0 unspecified atom stereocenters. The van der Waals surface area contributed by atoms with E-state index in [0.29, 0.717) is 39.6 Å². The fourth-order valence-corrected chi connectivity index (χ4v) is 2.94. The average molecular weight is 372 g/mol. The van der Waals surface area contributed by atoms with Gasteiger partial charge in [0.1, 0.15) is 13.2 Å². The second kappa shape index (κ2) is 10.7. The van der Waals surface area contributed by atoms with Crippen molar-refractivity contribution in [1.29, 1.82) is 0 Å². The molecule has 1 aliphatic rings.